The van der Waals surface area contributed by atoms with Gasteiger partial charge in [0.2, 0.25) is 0 Å². The zero-order valence-corrected chi connectivity index (χ0v) is 22.8. The molecule has 0 saturated heterocycles. The third kappa shape index (κ3) is 3.76. The third-order valence-electron chi connectivity index (χ3n) is 7.47. The van der Waals surface area contributed by atoms with Crippen LogP contribution in [0.15, 0.2) is 102 Å². The number of hydrogen-bond acceptors (Lipinski definition) is 1. The van der Waals surface area contributed by atoms with Gasteiger partial charge in [0.15, 0.2) is 0 Å². The maximum absolute atomic E-state index is 3.79. The predicted molar refractivity (Wildman–Crippen MR) is 161 cm³/mol. The molecule has 0 bridgehead atoms. The average molecular weight is 533 g/mol. The molecule has 0 heterocycles. The van der Waals surface area contributed by atoms with Crippen LogP contribution in [0.1, 0.15) is 50.7 Å². The van der Waals surface area contributed by atoms with E-state index < -0.39 is 0 Å². The number of anilines is 3. The van der Waals surface area contributed by atoms with Crippen LogP contribution in [-0.2, 0) is 0 Å². The summed E-state index contributed by atoms with van der Waals surface area (Å²) < 4.78 is 1.14. The normalized spacial score (nSPS) is 12.0. The van der Waals surface area contributed by atoms with E-state index in [4.69, 9.17) is 0 Å². The molecule has 36 heavy (non-hydrogen) atoms. The summed E-state index contributed by atoms with van der Waals surface area (Å²) >= 11 is 3.79. The Kier molecular flexibility index (Phi) is 5.73. The van der Waals surface area contributed by atoms with E-state index >= 15 is 0 Å². The van der Waals surface area contributed by atoms with Gasteiger partial charge in [-0.3, -0.25) is 0 Å². The fourth-order valence-electron chi connectivity index (χ4n) is 5.39. The summed E-state index contributed by atoms with van der Waals surface area (Å²) in [5.41, 5.74) is 6.26. The van der Waals surface area contributed by atoms with Crippen molar-refractivity contribution in [1.82, 2.24) is 0 Å². The molecule has 0 unspecified atom stereocenters. The summed E-state index contributed by atoms with van der Waals surface area (Å²) in [5, 5.41) is 7.73. The Balaban J connectivity index is 1.63. The zero-order chi connectivity index (χ0) is 25.0. The highest BCUT2D eigenvalue weighted by molar-refractivity contribution is 9.10. The Morgan fingerprint density at radius 1 is 0.500 bits per heavy atom. The summed E-state index contributed by atoms with van der Waals surface area (Å²) in [6, 6.07) is 36.1. The maximum atomic E-state index is 3.79. The second kappa shape index (κ2) is 8.94. The molecule has 6 rings (SSSR count). The minimum Gasteiger partial charge on any atom is -0.310 e. The van der Waals surface area contributed by atoms with Crippen LogP contribution in [-0.4, -0.2) is 0 Å². The van der Waals surface area contributed by atoms with Gasteiger partial charge in [0.05, 0.1) is 5.69 Å². The van der Waals surface area contributed by atoms with Gasteiger partial charge in [-0.2, -0.15) is 0 Å². The first kappa shape index (κ1) is 23.1. The first-order valence-electron chi connectivity index (χ1n) is 12.8. The average Bonchev–Trinajstić information content (AvgIpc) is 2.89. The maximum Gasteiger partial charge on any atom is 0.0540 e. The fourth-order valence-corrected chi connectivity index (χ4v) is 5.85. The van der Waals surface area contributed by atoms with Crippen LogP contribution in [0.25, 0.3) is 32.3 Å². The van der Waals surface area contributed by atoms with Gasteiger partial charge in [0, 0.05) is 21.2 Å². The Morgan fingerprint density at radius 3 is 1.47 bits per heavy atom. The van der Waals surface area contributed by atoms with E-state index in [0.717, 1.165) is 4.47 Å². The Labute approximate surface area is 221 Å². The lowest BCUT2D eigenvalue weighted by Crippen LogP contribution is -2.11. The van der Waals surface area contributed by atoms with Crippen LogP contribution in [0.2, 0.25) is 0 Å². The highest BCUT2D eigenvalue weighted by atomic mass is 79.9. The summed E-state index contributed by atoms with van der Waals surface area (Å²) in [7, 11) is 0. The van der Waals surface area contributed by atoms with Crippen LogP contribution < -0.4 is 4.90 Å². The molecular weight excluding hydrogens is 502 g/mol. The minimum absolute atomic E-state index is 0.505. The second-order valence-corrected chi connectivity index (χ2v) is 11.2. The quantitative estimate of drug-likeness (QED) is 0.200. The molecule has 0 radical (unpaired) electrons. The molecule has 6 aromatic rings. The van der Waals surface area contributed by atoms with E-state index in [1.54, 1.807) is 0 Å². The molecule has 6 aromatic carbocycles. The van der Waals surface area contributed by atoms with Crippen molar-refractivity contribution in [2.45, 2.75) is 39.5 Å². The molecule has 0 N–H and O–H groups in total. The van der Waals surface area contributed by atoms with Crippen LogP contribution in [0.5, 0.6) is 0 Å². The van der Waals surface area contributed by atoms with Gasteiger partial charge >= 0.3 is 0 Å². The van der Waals surface area contributed by atoms with E-state index in [9.17, 15) is 0 Å². The number of rotatable bonds is 5. The van der Waals surface area contributed by atoms with Gasteiger partial charge in [-0.15, -0.1) is 0 Å². The largest absolute Gasteiger partial charge is 0.310 e. The molecule has 0 fully saturated rings. The monoisotopic (exact) mass is 531 g/mol. The molecule has 0 aliphatic carbocycles. The number of benzene rings is 6. The van der Waals surface area contributed by atoms with Gasteiger partial charge in [-0.1, -0.05) is 104 Å². The van der Waals surface area contributed by atoms with Crippen molar-refractivity contribution >= 4 is 65.3 Å². The van der Waals surface area contributed by atoms with Crippen molar-refractivity contribution in [1.29, 1.82) is 0 Å². The lowest BCUT2D eigenvalue weighted by molar-refractivity contribution is 0.866. The van der Waals surface area contributed by atoms with Crippen molar-refractivity contribution < 1.29 is 0 Å². The molecule has 0 amide bonds. The standard InChI is InChI=1S/C34H30BrN/c1-21(2)23-5-13-27(14-6-23)36(28-15-7-24(8-16-28)22(3)4)32-20-12-26-9-17-29-31(35)19-11-25-10-18-30(32)34(26)33(25)29/h5-22H,1-4H3. The summed E-state index contributed by atoms with van der Waals surface area (Å²) in [6.45, 7) is 8.99. The number of nitrogens with zero attached hydrogens (tertiary/aromatic N) is 1. The van der Waals surface area contributed by atoms with Crippen LogP contribution >= 0.6 is 15.9 Å². The molecule has 0 spiro atoms. The lowest BCUT2D eigenvalue weighted by atomic mass is 9.93. The van der Waals surface area contributed by atoms with Crippen molar-refractivity contribution in [3.05, 3.63) is 113 Å². The summed E-state index contributed by atoms with van der Waals surface area (Å²) in [4.78, 5) is 2.41. The van der Waals surface area contributed by atoms with E-state index in [2.05, 4.69) is 146 Å². The Morgan fingerprint density at radius 2 is 0.944 bits per heavy atom. The highest BCUT2D eigenvalue weighted by Crippen LogP contribution is 2.45. The van der Waals surface area contributed by atoms with E-state index in [1.165, 1.54) is 60.5 Å². The molecule has 1 nitrogen and oxygen atoms in total. The van der Waals surface area contributed by atoms with Crippen LogP contribution in [0.4, 0.5) is 17.1 Å². The molecular formula is C34H30BrN. The minimum atomic E-state index is 0.505. The molecule has 178 valence electrons. The fraction of sp³-hybridized carbons (Fsp3) is 0.176. The van der Waals surface area contributed by atoms with Crippen molar-refractivity contribution in [2.24, 2.45) is 0 Å². The van der Waals surface area contributed by atoms with Crippen molar-refractivity contribution in [3.63, 3.8) is 0 Å². The lowest BCUT2D eigenvalue weighted by Gasteiger charge is -2.28. The molecule has 2 heteroatoms. The van der Waals surface area contributed by atoms with Gasteiger partial charge in [0.1, 0.15) is 0 Å². The molecule has 0 aliphatic heterocycles. The second-order valence-electron chi connectivity index (χ2n) is 10.4. The summed E-state index contributed by atoms with van der Waals surface area (Å²) in [5.74, 6) is 1.01. The van der Waals surface area contributed by atoms with Crippen molar-refractivity contribution in [2.75, 3.05) is 4.90 Å². The topological polar surface area (TPSA) is 3.24 Å². The smallest absolute Gasteiger partial charge is 0.0540 e. The van der Waals surface area contributed by atoms with Crippen LogP contribution in [0.3, 0.4) is 0 Å². The third-order valence-corrected chi connectivity index (χ3v) is 8.16. The number of hydrogen-bond donors (Lipinski definition) is 0. The van der Waals surface area contributed by atoms with Crippen molar-refractivity contribution in [3.8, 4) is 0 Å². The first-order chi connectivity index (χ1) is 17.4. The molecule has 0 saturated carbocycles. The van der Waals surface area contributed by atoms with E-state index in [-0.39, 0.29) is 0 Å². The van der Waals surface area contributed by atoms with Gasteiger partial charge < -0.3 is 4.90 Å². The van der Waals surface area contributed by atoms with Gasteiger partial charge in [0.25, 0.3) is 0 Å². The summed E-state index contributed by atoms with van der Waals surface area (Å²) in [6.07, 6.45) is 0. The van der Waals surface area contributed by atoms with Crippen LogP contribution in [0, 0.1) is 0 Å². The Bertz CT molecular complexity index is 1630. The van der Waals surface area contributed by atoms with Gasteiger partial charge in [-0.05, 0) is 86.3 Å². The Hall–Kier alpha value is -3.36. The molecule has 0 atom stereocenters. The highest BCUT2D eigenvalue weighted by Gasteiger charge is 2.19. The van der Waals surface area contributed by atoms with Gasteiger partial charge in [-0.25, -0.2) is 0 Å². The first-order valence-corrected chi connectivity index (χ1v) is 13.6. The predicted octanol–water partition coefficient (Wildman–Crippen LogP) is 11.1. The molecule has 0 aliphatic rings. The van der Waals surface area contributed by atoms with E-state index in [1.807, 2.05) is 0 Å². The SMILES string of the molecule is CC(C)c1ccc(N(c2ccc(C(C)C)cc2)c2ccc3ccc4c(Br)ccc5ccc2c3c54)cc1. The molecule has 0 aromatic heterocycles. The number of halogens is 1. The van der Waals surface area contributed by atoms with E-state index in [0.29, 0.717) is 11.8 Å². The zero-order valence-electron chi connectivity index (χ0n) is 21.2.